The van der Waals surface area contributed by atoms with Gasteiger partial charge in [-0.05, 0) is 81.1 Å². The quantitative estimate of drug-likeness (QED) is 0.289. The minimum atomic E-state index is -4.14. The van der Waals surface area contributed by atoms with Crippen LogP contribution >= 0.6 is 23.2 Å². The third kappa shape index (κ3) is 7.56. The van der Waals surface area contributed by atoms with Gasteiger partial charge >= 0.3 is 0 Å². The molecule has 0 bridgehead atoms. The smallest absolute Gasteiger partial charge is 0.264 e. The highest BCUT2D eigenvalue weighted by Crippen LogP contribution is 2.29. The lowest BCUT2D eigenvalue weighted by molar-refractivity contribution is -0.139. The maximum atomic E-state index is 14.0. The first kappa shape index (κ1) is 31.5. The van der Waals surface area contributed by atoms with Crippen LogP contribution in [0.3, 0.4) is 0 Å². The highest BCUT2D eigenvalue weighted by Gasteiger charge is 2.33. The van der Waals surface area contributed by atoms with Crippen LogP contribution in [0.4, 0.5) is 5.69 Å². The van der Waals surface area contributed by atoms with Crippen LogP contribution in [0.2, 0.25) is 10.0 Å². The molecule has 0 aromatic heterocycles. The van der Waals surface area contributed by atoms with E-state index in [-0.39, 0.29) is 17.3 Å². The number of halogens is 2. The van der Waals surface area contributed by atoms with Gasteiger partial charge in [0, 0.05) is 13.1 Å². The van der Waals surface area contributed by atoms with Gasteiger partial charge in [0.05, 0.1) is 20.6 Å². The van der Waals surface area contributed by atoms with Crippen molar-refractivity contribution in [1.82, 2.24) is 10.2 Å². The van der Waals surface area contributed by atoms with E-state index in [1.54, 1.807) is 50.2 Å². The Morgan fingerprint density at radius 3 is 2.17 bits per heavy atom. The maximum Gasteiger partial charge on any atom is 0.264 e. The second-order valence-corrected chi connectivity index (χ2v) is 12.5. The van der Waals surface area contributed by atoms with Crippen LogP contribution in [-0.2, 0) is 26.2 Å². The molecular weight excluding hydrogens is 569 g/mol. The number of hydrogen-bond acceptors (Lipinski definition) is 4. The van der Waals surface area contributed by atoms with Crippen LogP contribution in [0.1, 0.15) is 42.5 Å². The number of aryl methyl sites for hydroxylation is 3. The molecule has 0 saturated carbocycles. The number of benzene rings is 3. The van der Waals surface area contributed by atoms with E-state index in [4.69, 9.17) is 23.2 Å². The van der Waals surface area contributed by atoms with Crippen molar-refractivity contribution in [1.29, 1.82) is 0 Å². The molecule has 7 nitrogen and oxygen atoms in total. The van der Waals surface area contributed by atoms with Crippen LogP contribution in [-0.4, -0.2) is 44.3 Å². The molecule has 0 saturated heterocycles. The average Bonchev–Trinajstić information content (AvgIpc) is 2.92. The first-order valence-electron chi connectivity index (χ1n) is 13.0. The molecule has 0 heterocycles. The molecular formula is C30H35Cl2N3O4S. The summed E-state index contributed by atoms with van der Waals surface area (Å²) in [5, 5.41) is 3.50. The number of amides is 2. The minimum absolute atomic E-state index is 0.0294. The largest absolute Gasteiger partial charge is 0.354 e. The van der Waals surface area contributed by atoms with Crippen molar-refractivity contribution in [3.05, 3.63) is 93.0 Å². The summed E-state index contributed by atoms with van der Waals surface area (Å²) in [7, 11) is -4.14. The molecule has 0 fully saturated rings. The zero-order valence-electron chi connectivity index (χ0n) is 23.4. The average molecular weight is 605 g/mol. The van der Waals surface area contributed by atoms with E-state index in [0.717, 1.165) is 21.9 Å². The lowest BCUT2D eigenvalue weighted by Crippen LogP contribution is -2.51. The molecule has 2 amide bonds. The van der Waals surface area contributed by atoms with Gasteiger partial charge < -0.3 is 10.2 Å². The van der Waals surface area contributed by atoms with Crippen molar-refractivity contribution >= 4 is 50.7 Å². The van der Waals surface area contributed by atoms with Gasteiger partial charge in [-0.3, -0.25) is 13.9 Å². The molecule has 0 radical (unpaired) electrons. The summed E-state index contributed by atoms with van der Waals surface area (Å²) >= 11 is 12.3. The summed E-state index contributed by atoms with van der Waals surface area (Å²) in [5.74, 6) is -0.878. The fourth-order valence-corrected chi connectivity index (χ4v) is 5.94. The summed E-state index contributed by atoms with van der Waals surface area (Å²) in [6.07, 6.45) is 0.731. The van der Waals surface area contributed by atoms with Crippen molar-refractivity contribution < 1.29 is 18.0 Å². The van der Waals surface area contributed by atoms with E-state index >= 15 is 0 Å². The van der Waals surface area contributed by atoms with E-state index in [2.05, 4.69) is 5.32 Å². The van der Waals surface area contributed by atoms with Gasteiger partial charge in [0.15, 0.2) is 0 Å². The zero-order chi connectivity index (χ0) is 29.6. The van der Waals surface area contributed by atoms with Crippen LogP contribution < -0.4 is 9.62 Å². The van der Waals surface area contributed by atoms with E-state index in [1.807, 2.05) is 32.9 Å². The Hall–Kier alpha value is -3.07. The third-order valence-electron chi connectivity index (χ3n) is 6.57. The SMILES string of the molecule is CCCNC(=O)[C@H](C)N(Cc1ccc(Cl)c(Cl)c1)C(=O)CN(c1cc(C)ccc1C)S(=O)(=O)c1ccc(C)cc1. The summed E-state index contributed by atoms with van der Waals surface area (Å²) in [5.41, 5.74) is 3.49. The summed E-state index contributed by atoms with van der Waals surface area (Å²) in [4.78, 5) is 28.4. The first-order valence-corrected chi connectivity index (χ1v) is 15.2. The first-order chi connectivity index (χ1) is 18.8. The fraction of sp³-hybridized carbons (Fsp3) is 0.333. The van der Waals surface area contributed by atoms with E-state index in [9.17, 15) is 18.0 Å². The monoisotopic (exact) mass is 603 g/mol. The molecule has 0 aliphatic rings. The van der Waals surface area contributed by atoms with Gasteiger partial charge in [0.2, 0.25) is 11.8 Å². The molecule has 3 rings (SSSR count). The Labute approximate surface area is 247 Å². The summed E-state index contributed by atoms with van der Waals surface area (Å²) in [6.45, 7) is 9.06. The molecule has 40 heavy (non-hydrogen) atoms. The highest BCUT2D eigenvalue weighted by molar-refractivity contribution is 7.92. The summed E-state index contributed by atoms with van der Waals surface area (Å²) in [6, 6.07) is 16.0. The van der Waals surface area contributed by atoms with Crippen LogP contribution in [0.25, 0.3) is 0 Å². The Balaban J connectivity index is 2.07. The van der Waals surface area contributed by atoms with Gasteiger partial charge in [-0.25, -0.2) is 8.42 Å². The zero-order valence-corrected chi connectivity index (χ0v) is 25.7. The number of nitrogens with zero attached hydrogens (tertiary/aromatic N) is 2. The van der Waals surface area contributed by atoms with E-state index in [0.29, 0.717) is 33.4 Å². The van der Waals surface area contributed by atoms with E-state index in [1.165, 1.54) is 17.0 Å². The van der Waals surface area contributed by atoms with Crippen molar-refractivity contribution in [2.45, 2.75) is 58.5 Å². The van der Waals surface area contributed by atoms with E-state index < -0.39 is 28.5 Å². The minimum Gasteiger partial charge on any atom is -0.354 e. The molecule has 1 atom stereocenters. The predicted octanol–water partition coefficient (Wildman–Crippen LogP) is 6.06. The third-order valence-corrected chi connectivity index (χ3v) is 9.09. The molecule has 214 valence electrons. The van der Waals surface area contributed by atoms with Gasteiger partial charge in [-0.2, -0.15) is 0 Å². The molecule has 0 aliphatic carbocycles. The van der Waals surface area contributed by atoms with Gasteiger partial charge in [0.1, 0.15) is 12.6 Å². The summed E-state index contributed by atoms with van der Waals surface area (Å²) < 4.78 is 29.1. The highest BCUT2D eigenvalue weighted by atomic mass is 35.5. The molecule has 10 heteroatoms. The predicted molar refractivity (Wildman–Crippen MR) is 161 cm³/mol. The van der Waals surface area contributed by atoms with Crippen molar-refractivity contribution in [3.8, 4) is 0 Å². The van der Waals surface area contributed by atoms with Crippen LogP contribution in [0, 0.1) is 20.8 Å². The normalized spacial score (nSPS) is 12.1. The fourth-order valence-electron chi connectivity index (χ4n) is 4.15. The van der Waals surface area contributed by atoms with Gasteiger partial charge in [-0.1, -0.05) is 66.0 Å². The maximum absolute atomic E-state index is 14.0. The number of carbonyl (C=O) groups excluding carboxylic acids is 2. The molecule has 3 aromatic carbocycles. The number of hydrogen-bond donors (Lipinski definition) is 1. The van der Waals surface area contributed by atoms with Crippen molar-refractivity contribution in [2.75, 3.05) is 17.4 Å². The van der Waals surface area contributed by atoms with Crippen LogP contribution in [0.5, 0.6) is 0 Å². The second kappa shape index (κ2) is 13.5. The van der Waals surface area contributed by atoms with Crippen molar-refractivity contribution in [3.63, 3.8) is 0 Å². The molecule has 3 aromatic rings. The lowest BCUT2D eigenvalue weighted by atomic mass is 10.1. The standard InChI is InChI=1S/C30H35Cl2N3O4S/c1-6-15-33-30(37)23(5)34(18-24-11-14-26(31)27(32)17-24)29(36)19-35(28-16-21(3)7-10-22(28)4)40(38,39)25-12-8-20(2)9-13-25/h7-14,16-17,23H,6,15,18-19H2,1-5H3,(H,33,37)/t23-/m0/s1. The van der Waals surface area contributed by atoms with Crippen LogP contribution in [0.15, 0.2) is 65.6 Å². The number of sulfonamides is 1. The Bertz CT molecular complexity index is 1480. The molecule has 0 aliphatic heterocycles. The topological polar surface area (TPSA) is 86.8 Å². The molecule has 1 N–H and O–H groups in total. The van der Waals surface area contributed by atoms with Gasteiger partial charge in [-0.15, -0.1) is 0 Å². The number of nitrogens with one attached hydrogen (secondary N) is 1. The Morgan fingerprint density at radius 2 is 1.55 bits per heavy atom. The Morgan fingerprint density at radius 1 is 0.900 bits per heavy atom. The number of rotatable bonds is 11. The number of anilines is 1. The lowest BCUT2D eigenvalue weighted by Gasteiger charge is -2.32. The molecule has 0 unspecified atom stereocenters. The molecule has 0 spiro atoms. The number of carbonyl (C=O) groups is 2. The van der Waals surface area contributed by atoms with Crippen molar-refractivity contribution in [2.24, 2.45) is 0 Å². The Kier molecular flexibility index (Phi) is 10.6. The van der Waals surface area contributed by atoms with Gasteiger partial charge in [0.25, 0.3) is 10.0 Å². The second-order valence-electron chi connectivity index (χ2n) is 9.85.